The van der Waals surface area contributed by atoms with Gasteiger partial charge < -0.3 is 63.5 Å². The molecule has 5 aliphatic heterocycles. The van der Waals surface area contributed by atoms with Gasteiger partial charge in [-0.25, -0.2) is 0 Å². The first-order valence-electron chi connectivity index (χ1n) is 26.4. The zero-order valence-corrected chi connectivity index (χ0v) is 47.6. The number of aliphatic hydroxyl groups is 3. The van der Waals surface area contributed by atoms with Crippen molar-refractivity contribution >= 4 is 17.5 Å². The van der Waals surface area contributed by atoms with Crippen LogP contribution in [0.3, 0.4) is 0 Å². The number of hydrogen-bond acceptors (Lipinski definition) is 15. The van der Waals surface area contributed by atoms with Crippen LogP contribution in [0.25, 0.3) is 0 Å². The molecule has 18 unspecified atom stereocenters. The molecule has 2 spiro atoms. The Bertz CT molecular complexity index is 2210. The van der Waals surface area contributed by atoms with E-state index in [1.54, 1.807) is 49.4 Å². The van der Waals surface area contributed by atoms with Gasteiger partial charge in [0, 0.05) is 59.7 Å². The number of methoxy groups -OCH3 is 2. The van der Waals surface area contributed by atoms with Gasteiger partial charge in [-0.2, -0.15) is 0 Å². The smallest absolute Gasteiger partial charge is 0.550 e. The van der Waals surface area contributed by atoms with E-state index in [2.05, 4.69) is 20.8 Å². The number of aliphatic carboxylic acids is 1. The van der Waals surface area contributed by atoms with Gasteiger partial charge in [0.1, 0.15) is 34.7 Å². The number of rotatable bonds is 16. The van der Waals surface area contributed by atoms with Crippen molar-refractivity contribution in [2.75, 3.05) is 14.2 Å². The Balaban J connectivity index is 0.000000413. The van der Waals surface area contributed by atoms with Gasteiger partial charge in [-0.05, 0) is 95.6 Å². The van der Waals surface area contributed by atoms with E-state index in [1.807, 2.05) is 47.6 Å². The van der Waals surface area contributed by atoms with Crippen molar-refractivity contribution in [3.8, 4) is 17.2 Å². The summed E-state index contributed by atoms with van der Waals surface area (Å²) in [6.45, 7) is 19.5. The maximum absolute atomic E-state index is 14.4. The zero-order valence-electron chi connectivity index (χ0n) is 45.6. The molecule has 0 amide bonds. The van der Waals surface area contributed by atoms with Gasteiger partial charge in [-0.15, -0.1) is 0 Å². The summed E-state index contributed by atoms with van der Waals surface area (Å²) in [5.41, 5.74) is -1.01. The summed E-state index contributed by atoms with van der Waals surface area (Å²) in [7, 11) is 2.92. The molecule has 5 aliphatic rings. The van der Waals surface area contributed by atoms with E-state index in [9.17, 15) is 39.9 Å². The van der Waals surface area contributed by atoms with E-state index in [4.69, 9.17) is 33.2 Å². The van der Waals surface area contributed by atoms with Crippen LogP contribution in [-0.2, 0) is 33.3 Å². The van der Waals surface area contributed by atoms with Crippen molar-refractivity contribution in [3.05, 3.63) is 65.7 Å². The Morgan fingerprint density at radius 1 is 0.863 bits per heavy atom. The van der Waals surface area contributed by atoms with Crippen LogP contribution in [0.15, 0.2) is 54.6 Å². The van der Waals surface area contributed by atoms with Crippen LogP contribution < -0.4 is 44.1 Å². The van der Waals surface area contributed by atoms with Crippen LogP contribution in [-0.4, -0.2) is 118 Å². The van der Waals surface area contributed by atoms with Gasteiger partial charge in [0.05, 0.1) is 62.0 Å². The summed E-state index contributed by atoms with van der Waals surface area (Å²) >= 11 is 0. The molecule has 2 aromatic carbocycles. The summed E-state index contributed by atoms with van der Waals surface area (Å²) in [4.78, 5) is 38.6. The Labute approximate surface area is 455 Å². The number of benzene rings is 2. The molecular weight excluding hydrogens is 948 g/mol. The summed E-state index contributed by atoms with van der Waals surface area (Å²) in [6, 6.07) is 11.7. The molecule has 0 aromatic heterocycles. The number of aliphatic hydroxyl groups excluding tert-OH is 2. The van der Waals surface area contributed by atoms with Crippen molar-refractivity contribution in [1.82, 2.24) is 0 Å². The number of carbonyl (C=O) groups excluding carboxylic acids is 3. The van der Waals surface area contributed by atoms with Gasteiger partial charge in [0.2, 0.25) is 11.6 Å². The number of phenols is 1. The topological polar surface area (TPSA) is 220 Å². The maximum atomic E-state index is 14.4. The maximum Gasteiger partial charge on any atom is 1.00 e. The van der Waals surface area contributed by atoms with Crippen molar-refractivity contribution in [1.29, 1.82) is 0 Å². The molecule has 0 radical (unpaired) electrons. The van der Waals surface area contributed by atoms with Gasteiger partial charge in [0.15, 0.2) is 5.79 Å². The molecule has 16 heteroatoms. The minimum Gasteiger partial charge on any atom is -0.550 e. The monoisotopic (exact) mass is 1030 g/mol. The van der Waals surface area contributed by atoms with Crippen LogP contribution in [0, 0.1) is 41.4 Å². The first kappa shape index (κ1) is 60.9. The van der Waals surface area contributed by atoms with Crippen LogP contribution in [0.4, 0.5) is 0 Å². The number of ketones is 2. The second kappa shape index (κ2) is 25.0. The Morgan fingerprint density at radius 3 is 2.12 bits per heavy atom. The van der Waals surface area contributed by atoms with Crippen molar-refractivity contribution in [3.63, 3.8) is 0 Å². The molecule has 7 rings (SSSR count). The quantitative estimate of drug-likeness (QED) is 0.103. The van der Waals surface area contributed by atoms with Crippen molar-refractivity contribution in [2.45, 2.75) is 199 Å². The summed E-state index contributed by atoms with van der Waals surface area (Å²) in [5, 5.41) is 56.0. The molecule has 4 saturated heterocycles. The van der Waals surface area contributed by atoms with Gasteiger partial charge in [-0.3, -0.25) is 9.59 Å². The number of phenolic OH excluding ortho intramolecular Hbond substituents is 1. The van der Waals surface area contributed by atoms with Crippen LogP contribution in [0.1, 0.15) is 149 Å². The molecule has 2 aromatic rings. The third-order valence-corrected chi connectivity index (χ3v) is 17.2. The largest absolute Gasteiger partial charge is 1.00 e. The van der Waals surface area contributed by atoms with E-state index in [0.717, 1.165) is 6.42 Å². The number of carboxylic acid groups (broad SMARTS) is 1. The van der Waals surface area contributed by atoms with Gasteiger partial charge >= 0.3 is 29.6 Å². The summed E-state index contributed by atoms with van der Waals surface area (Å²) in [6.07, 6.45) is 5.22. The number of carbonyl (C=O) groups is 3. The number of hydrogen-bond donors (Lipinski definition) is 4. The Hall–Kier alpha value is -2.93. The molecule has 402 valence electrons. The first-order chi connectivity index (χ1) is 34.0. The fraction of sp³-hybridized carbons (Fsp3) is 0.702. The number of Topliss-reactive ketones (excluding diaryl/α,β-unsaturated/α-hetero) is 1. The Morgan fingerprint density at radius 2 is 1.53 bits per heavy atom. The van der Waals surface area contributed by atoms with Crippen LogP contribution in [0.5, 0.6) is 17.2 Å². The third-order valence-electron chi connectivity index (χ3n) is 17.2. The number of carboxylic acids is 1. The zero-order chi connectivity index (χ0) is 53.1. The number of ether oxygens (including phenoxy) is 7. The van der Waals surface area contributed by atoms with Crippen LogP contribution >= 0.6 is 0 Å². The molecule has 15 nitrogen and oxygen atoms in total. The molecule has 0 saturated carbocycles. The average Bonchev–Trinajstić information content (AvgIpc) is 3.71. The van der Waals surface area contributed by atoms with E-state index in [0.29, 0.717) is 69.1 Å². The standard InChI is InChI=1S/C42H70O11.C15H14O4.Na/c1-11-29(38(46)47)31-15-14-23(4)36(50-31)27(8)34(44)26(7)35(45)30(12-2)37-24(5)22-25(6)41(51-37)19-16-32(43)42(53-41)21-20-39(10,52-42)33-17-18-40(48,13-3)28(9)49-33;1-18-11-8-12(16)14(13(9-11)19-2)15(17)10-6-4-3-5-7-10;/h16,19,23-34,36-37,43-44,48H,11-15,17-18,20-22H2,1-10H3,(H,46,47);3-9,16H,1-2H3;/q;;+1/p-1. The fourth-order valence-electron chi connectivity index (χ4n) is 12.3. The molecule has 73 heavy (non-hydrogen) atoms. The summed E-state index contributed by atoms with van der Waals surface area (Å²) in [5.74, 6) is -5.98. The van der Waals surface area contributed by atoms with Gasteiger partial charge in [0.25, 0.3) is 0 Å². The molecule has 4 N–H and O–H groups in total. The molecule has 0 aliphatic carbocycles. The molecule has 5 heterocycles. The molecule has 4 fully saturated rings. The van der Waals surface area contributed by atoms with Crippen molar-refractivity contribution in [2.24, 2.45) is 41.4 Å². The van der Waals surface area contributed by atoms with E-state index in [-0.39, 0.29) is 88.1 Å². The second-order valence-electron chi connectivity index (χ2n) is 21.8. The number of aromatic hydroxyl groups is 1. The second-order valence-corrected chi connectivity index (χ2v) is 21.8. The molecular formula is C57H83NaO15. The predicted molar refractivity (Wildman–Crippen MR) is 267 cm³/mol. The minimum atomic E-state index is -1.37. The third kappa shape index (κ3) is 12.6. The first-order valence-corrected chi connectivity index (χ1v) is 26.4. The fourth-order valence-corrected chi connectivity index (χ4v) is 12.3. The van der Waals surface area contributed by atoms with Crippen molar-refractivity contribution < 1.29 is 103 Å². The van der Waals surface area contributed by atoms with E-state index >= 15 is 0 Å². The normalized spacial score (nSPS) is 36.1. The minimum absolute atomic E-state index is 0. The molecule has 18 atom stereocenters. The van der Waals surface area contributed by atoms with E-state index < -0.39 is 82.9 Å². The predicted octanol–water partition coefficient (Wildman–Crippen LogP) is 4.50. The van der Waals surface area contributed by atoms with Gasteiger partial charge in [-0.1, -0.05) is 85.7 Å². The SMILES string of the molecule is CCC(C(=O)[O-])C1CCC(C)C(C(C)C(O)C(C)C(=O)C(CC)C2OC3(C=CC(O)C4(CCC(C)(C5CCC(O)(CC)C(C)O5)O4)O3)C(C)CC2C)O1.COc1cc(O)c(C(=O)c2ccccc2)c(OC)c1.[Na+]. The molecule has 0 bridgehead atoms. The summed E-state index contributed by atoms with van der Waals surface area (Å²) < 4.78 is 43.6. The van der Waals surface area contributed by atoms with Crippen LogP contribution in [0.2, 0.25) is 0 Å². The Kier molecular flexibility index (Phi) is 20.9. The van der Waals surface area contributed by atoms with E-state index in [1.165, 1.54) is 20.3 Å². The average molecular weight is 1030 g/mol.